The number of carboxylic acid groups (broad SMARTS) is 1. The molecule has 0 bridgehead atoms. The molecule has 0 aromatic carbocycles. The average molecular weight is 280 g/mol. The van der Waals surface area contributed by atoms with Gasteiger partial charge in [-0.2, -0.15) is 0 Å². The summed E-state index contributed by atoms with van der Waals surface area (Å²) < 4.78 is 0. The minimum Gasteiger partial charge on any atom is -0.481 e. The van der Waals surface area contributed by atoms with Crippen LogP contribution in [0.4, 0.5) is 0 Å². The van der Waals surface area contributed by atoms with E-state index in [1.165, 1.54) is 0 Å². The van der Waals surface area contributed by atoms with E-state index in [1.807, 2.05) is 24.0 Å². The monoisotopic (exact) mass is 280 g/mol. The number of carbonyl (C=O) groups is 2. The molecule has 1 N–H and O–H groups in total. The van der Waals surface area contributed by atoms with Crippen molar-refractivity contribution in [2.24, 2.45) is 11.8 Å². The lowest BCUT2D eigenvalue weighted by atomic mass is 9.82. The van der Waals surface area contributed by atoms with Crippen molar-refractivity contribution < 1.29 is 14.7 Å². The minimum atomic E-state index is -0.854. The fourth-order valence-electron chi connectivity index (χ4n) is 3.27. The highest BCUT2D eigenvalue weighted by atomic mass is 16.4. The molecule has 1 aliphatic heterocycles. The Bertz CT molecular complexity index is 408. The van der Waals surface area contributed by atoms with E-state index in [0.29, 0.717) is 12.8 Å². The summed E-state index contributed by atoms with van der Waals surface area (Å²) in [5.41, 5.74) is 0. The van der Waals surface area contributed by atoms with E-state index in [9.17, 15) is 14.7 Å². The van der Waals surface area contributed by atoms with Gasteiger partial charge >= 0.3 is 5.97 Å². The van der Waals surface area contributed by atoms with Crippen LogP contribution in [0.2, 0.25) is 0 Å². The van der Waals surface area contributed by atoms with Crippen LogP contribution in [0.5, 0.6) is 0 Å². The summed E-state index contributed by atoms with van der Waals surface area (Å²) >= 11 is 0. The quantitative estimate of drug-likeness (QED) is 0.772. The van der Waals surface area contributed by atoms with E-state index in [4.69, 9.17) is 0 Å². The van der Waals surface area contributed by atoms with Crippen molar-refractivity contribution in [1.29, 1.82) is 0 Å². The molecule has 0 saturated carbocycles. The molecule has 0 spiro atoms. The summed E-state index contributed by atoms with van der Waals surface area (Å²) in [6.45, 7) is 4.62. The van der Waals surface area contributed by atoms with Crippen molar-refractivity contribution in [3.05, 3.63) is 12.2 Å². The standard InChI is InChI=1S/C15H24N2O3/c1-11-10-16(2)8-5-9-17(11)14(18)12-6-3-4-7-13(12)15(19)20/h3-4,11-13H,5-10H2,1-2H3,(H,19,20). The van der Waals surface area contributed by atoms with Crippen molar-refractivity contribution >= 4 is 11.9 Å². The van der Waals surface area contributed by atoms with E-state index in [0.717, 1.165) is 26.1 Å². The predicted molar refractivity (Wildman–Crippen MR) is 76.3 cm³/mol. The summed E-state index contributed by atoms with van der Waals surface area (Å²) in [6.07, 6.45) is 5.79. The Morgan fingerprint density at radius 3 is 2.45 bits per heavy atom. The molecule has 0 aromatic rings. The predicted octanol–water partition coefficient (Wildman–Crippen LogP) is 1.21. The molecule has 1 amide bonds. The maximum atomic E-state index is 12.7. The number of amides is 1. The zero-order valence-corrected chi connectivity index (χ0v) is 12.3. The van der Waals surface area contributed by atoms with Crippen LogP contribution in [-0.2, 0) is 9.59 Å². The molecule has 3 atom stereocenters. The van der Waals surface area contributed by atoms with Crippen LogP contribution in [0.1, 0.15) is 26.2 Å². The fraction of sp³-hybridized carbons (Fsp3) is 0.733. The Morgan fingerprint density at radius 1 is 1.15 bits per heavy atom. The summed E-state index contributed by atoms with van der Waals surface area (Å²) in [6, 6.07) is 0.148. The Morgan fingerprint density at radius 2 is 1.80 bits per heavy atom. The normalized spacial score (nSPS) is 31.9. The highest BCUT2D eigenvalue weighted by Crippen LogP contribution is 2.28. The van der Waals surface area contributed by atoms with Gasteiger partial charge in [0.05, 0.1) is 11.8 Å². The molecule has 112 valence electrons. The van der Waals surface area contributed by atoms with Gasteiger partial charge in [0, 0.05) is 19.1 Å². The van der Waals surface area contributed by atoms with Gasteiger partial charge in [0.25, 0.3) is 0 Å². The number of likely N-dealkylation sites (N-methyl/N-ethyl adjacent to an activating group) is 1. The SMILES string of the molecule is CC1CN(C)CCCN1C(=O)C1CC=CCC1C(=O)O. The van der Waals surface area contributed by atoms with E-state index in [-0.39, 0.29) is 11.9 Å². The van der Waals surface area contributed by atoms with Crippen molar-refractivity contribution in [1.82, 2.24) is 9.80 Å². The van der Waals surface area contributed by atoms with Crippen molar-refractivity contribution in [2.45, 2.75) is 32.2 Å². The number of hydrogen-bond donors (Lipinski definition) is 1. The maximum Gasteiger partial charge on any atom is 0.307 e. The van der Waals surface area contributed by atoms with Gasteiger partial charge in [-0.05, 0) is 39.8 Å². The van der Waals surface area contributed by atoms with Crippen LogP contribution in [0.15, 0.2) is 12.2 Å². The number of allylic oxidation sites excluding steroid dienone is 2. The molecule has 1 aliphatic carbocycles. The summed E-state index contributed by atoms with van der Waals surface area (Å²) in [7, 11) is 2.06. The third-order valence-corrected chi connectivity index (χ3v) is 4.40. The molecule has 1 heterocycles. The van der Waals surface area contributed by atoms with E-state index in [2.05, 4.69) is 11.9 Å². The molecule has 20 heavy (non-hydrogen) atoms. The first kappa shape index (κ1) is 15.0. The van der Waals surface area contributed by atoms with Gasteiger partial charge in [-0.25, -0.2) is 0 Å². The second kappa shape index (κ2) is 6.39. The highest BCUT2D eigenvalue weighted by Gasteiger charge is 2.38. The van der Waals surface area contributed by atoms with Gasteiger partial charge in [-0.3, -0.25) is 9.59 Å². The molecule has 0 radical (unpaired) electrons. The molecule has 0 aromatic heterocycles. The number of carboxylic acids is 1. The number of nitrogens with zero attached hydrogens (tertiary/aromatic N) is 2. The van der Waals surface area contributed by atoms with E-state index < -0.39 is 17.8 Å². The Hall–Kier alpha value is -1.36. The van der Waals surface area contributed by atoms with Crippen molar-refractivity contribution in [2.75, 3.05) is 26.7 Å². The fourth-order valence-corrected chi connectivity index (χ4v) is 3.27. The Kier molecular flexibility index (Phi) is 4.81. The van der Waals surface area contributed by atoms with Gasteiger partial charge in [-0.1, -0.05) is 12.2 Å². The maximum absolute atomic E-state index is 12.7. The largest absolute Gasteiger partial charge is 0.481 e. The van der Waals surface area contributed by atoms with Crippen molar-refractivity contribution in [3.8, 4) is 0 Å². The molecule has 5 nitrogen and oxygen atoms in total. The lowest BCUT2D eigenvalue weighted by Crippen LogP contribution is -2.47. The van der Waals surface area contributed by atoms with Crippen molar-refractivity contribution in [3.63, 3.8) is 0 Å². The topological polar surface area (TPSA) is 60.9 Å². The van der Waals surface area contributed by atoms with Crippen LogP contribution in [0.3, 0.4) is 0 Å². The van der Waals surface area contributed by atoms with Crippen LogP contribution in [-0.4, -0.2) is 59.5 Å². The first-order chi connectivity index (χ1) is 9.50. The van der Waals surface area contributed by atoms with Crippen LogP contribution in [0, 0.1) is 11.8 Å². The molecular weight excluding hydrogens is 256 g/mol. The van der Waals surface area contributed by atoms with Crippen LogP contribution >= 0.6 is 0 Å². The molecule has 1 fully saturated rings. The highest BCUT2D eigenvalue weighted by molar-refractivity contribution is 5.85. The van der Waals surface area contributed by atoms with E-state index >= 15 is 0 Å². The number of carbonyl (C=O) groups excluding carboxylic acids is 1. The summed E-state index contributed by atoms with van der Waals surface area (Å²) in [5.74, 6) is -1.80. The van der Waals surface area contributed by atoms with Gasteiger partial charge in [0.15, 0.2) is 0 Å². The first-order valence-electron chi connectivity index (χ1n) is 7.37. The molecule has 5 heteroatoms. The lowest BCUT2D eigenvalue weighted by Gasteiger charge is -2.34. The zero-order chi connectivity index (χ0) is 14.7. The Labute approximate surface area is 120 Å². The number of rotatable bonds is 2. The third-order valence-electron chi connectivity index (χ3n) is 4.40. The molecule has 2 rings (SSSR count). The molecule has 1 saturated heterocycles. The van der Waals surface area contributed by atoms with Crippen LogP contribution < -0.4 is 0 Å². The summed E-state index contributed by atoms with van der Waals surface area (Å²) in [5, 5.41) is 9.31. The molecule has 3 unspecified atom stereocenters. The minimum absolute atomic E-state index is 0.0181. The zero-order valence-electron chi connectivity index (χ0n) is 12.3. The lowest BCUT2D eigenvalue weighted by molar-refractivity contribution is -0.151. The Balaban J connectivity index is 2.12. The molecule has 2 aliphatic rings. The summed E-state index contributed by atoms with van der Waals surface area (Å²) in [4.78, 5) is 28.2. The molecular formula is C15H24N2O3. The van der Waals surface area contributed by atoms with Gasteiger partial charge in [0.2, 0.25) is 5.91 Å². The first-order valence-corrected chi connectivity index (χ1v) is 7.37. The van der Waals surface area contributed by atoms with E-state index in [1.54, 1.807) is 0 Å². The average Bonchev–Trinajstić information content (AvgIpc) is 2.58. The van der Waals surface area contributed by atoms with Gasteiger partial charge < -0.3 is 14.9 Å². The van der Waals surface area contributed by atoms with Gasteiger partial charge in [-0.15, -0.1) is 0 Å². The second-order valence-corrected chi connectivity index (χ2v) is 5.99. The smallest absolute Gasteiger partial charge is 0.307 e. The van der Waals surface area contributed by atoms with Gasteiger partial charge in [0.1, 0.15) is 0 Å². The number of hydrogen-bond acceptors (Lipinski definition) is 3. The third kappa shape index (κ3) is 3.20. The second-order valence-electron chi connectivity index (χ2n) is 5.99. The van der Waals surface area contributed by atoms with Crippen LogP contribution in [0.25, 0.3) is 0 Å². The number of aliphatic carboxylic acids is 1.